The normalized spacial score (nSPS) is 24.5. The summed E-state index contributed by atoms with van der Waals surface area (Å²) in [6, 6.07) is 0. The summed E-state index contributed by atoms with van der Waals surface area (Å²) in [7, 11) is 3.10. The summed E-state index contributed by atoms with van der Waals surface area (Å²) in [5.74, 6) is 0. The van der Waals surface area contributed by atoms with Crippen LogP contribution in [0.15, 0.2) is 10.3 Å². The van der Waals surface area contributed by atoms with Gasteiger partial charge in [-0.2, -0.15) is 0 Å². The van der Waals surface area contributed by atoms with Crippen molar-refractivity contribution in [1.82, 2.24) is 0 Å². The van der Waals surface area contributed by atoms with Gasteiger partial charge in [-0.15, -0.1) is 0 Å². The lowest BCUT2D eigenvalue weighted by Crippen LogP contribution is -2.19. The summed E-state index contributed by atoms with van der Waals surface area (Å²) in [4.78, 5) is 9.42. The maximum absolute atomic E-state index is 4.71. The van der Waals surface area contributed by atoms with Crippen LogP contribution in [-0.4, -0.2) is 25.6 Å². The molecule has 0 radical (unpaired) electrons. The number of nitrogens with zero attached hydrogens (tertiary/aromatic N) is 2. The molecule has 1 aliphatic rings. The van der Waals surface area contributed by atoms with Gasteiger partial charge in [0.25, 0.3) is 0 Å². The lowest BCUT2D eigenvalue weighted by atomic mass is 9.97. The molecule has 12 heavy (non-hydrogen) atoms. The van der Waals surface area contributed by atoms with Crippen molar-refractivity contribution in [1.29, 1.82) is 0 Å². The van der Waals surface area contributed by atoms with E-state index >= 15 is 0 Å². The van der Waals surface area contributed by atoms with Crippen molar-refractivity contribution in [3.63, 3.8) is 0 Å². The summed E-state index contributed by atoms with van der Waals surface area (Å²) in [6.07, 6.45) is 4.20. The SMILES string of the molecule is CO/N=C1\CCCC\C1=N/OC. The van der Waals surface area contributed by atoms with Gasteiger partial charge in [-0.05, 0) is 25.7 Å². The van der Waals surface area contributed by atoms with Crippen LogP contribution in [0.5, 0.6) is 0 Å². The summed E-state index contributed by atoms with van der Waals surface area (Å²) in [5.41, 5.74) is 1.84. The van der Waals surface area contributed by atoms with E-state index < -0.39 is 0 Å². The van der Waals surface area contributed by atoms with E-state index in [4.69, 9.17) is 9.68 Å². The first kappa shape index (κ1) is 9.03. The first-order chi connectivity index (χ1) is 5.88. The van der Waals surface area contributed by atoms with Gasteiger partial charge in [-0.3, -0.25) is 0 Å². The Morgan fingerprint density at radius 3 is 1.67 bits per heavy atom. The molecule has 0 aromatic carbocycles. The van der Waals surface area contributed by atoms with Crippen molar-refractivity contribution in [2.45, 2.75) is 25.7 Å². The third-order valence-corrected chi connectivity index (χ3v) is 1.81. The Kier molecular flexibility index (Phi) is 3.57. The molecule has 0 aromatic rings. The van der Waals surface area contributed by atoms with E-state index in [2.05, 4.69) is 10.3 Å². The monoisotopic (exact) mass is 170 g/mol. The highest BCUT2D eigenvalue weighted by Crippen LogP contribution is 2.13. The molecule has 0 aliphatic heterocycles. The van der Waals surface area contributed by atoms with E-state index in [0.29, 0.717) is 0 Å². The Hall–Kier alpha value is -1.06. The topological polar surface area (TPSA) is 43.2 Å². The van der Waals surface area contributed by atoms with Crippen LogP contribution in [0.25, 0.3) is 0 Å². The largest absolute Gasteiger partial charge is 0.399 e. The minimum atomic E-state index is 0.922. The Balaban J connectivity index is 2.67. The standard InChI is InChI=1S/C8H14N2O2/c1-11-9-7-5-3-4-6-8(7)10-12-2/h3-6H2,1-2H3/b9-7+,10-8+. The summed E-state index contributed by atoms with van der Waals surface area (Å²) in [6.45, 7) is 0. The van der Waals surface area contributed by atoms with Crippen molar-refractivity contribution < 1.29 is 9.68 Å². The fourth-order valence-corrected chi connectivity index (χ4v) is 1.29. The lowest BCUT2D eigenvalue weighted by Gasteiger charge is -2.13. The van der Waals surface area contributed by atoms with Crippen LogP contribution in [0.1, 0.15) is 25.7 Å². The number of hydrogen-bond donors (Lipinski definition) is 0. The molecule has 0 aromatic heterocycles. The van der Waals surface area contributed by atoms with Crippen LogP contribution >= 0.6 is 0 Å². The molecule has 0 N–H and O–H groups in total. The summed E-state index contributed by atoms with van der Waals surface area (Å²) >= 11 is 0. The molecule has 0 bridgehead atoms. The molecule has 0 atom stereocenters. The van der Waals surface area contributed by atoms with Crippen LogP contribution in [0, 0.1) is 0 Å². The first-order valence-electron chi connectivity index (χ1n) is 4.09. The maximum Gasteiger partial charge on any atom is 0.106 e. The molecule has 68 valence electrons. The van der Waals surface area contributed by atoms with Gasteiger partial charge < -0.3 is 9.68 Å². The van der Waals surface area contributed by atoms with Crippen molar-refractivity contribution in [2.75, 3.05) is 14.2 Å². The van der Waals surface area contributed by atoms with E-state index in [1.807, 2.05) is 0 Å². The van der Waals surface area contributed by atoms with E-state index in [1.165, 1.54) is 0 Å². The first-order valence-corrected chi connectivity index (χ1v) is 4.09. The zero-order valence-corrected chi connectivity index (χ0v) is 7.54. The molecule has 1 saturated carbocycles. The highest BCUT2D eigenvalue weighted by molar-refractivity contribution is 6.42. The molecule has 0 saturated heterocycles. The Bertz CT molecular complexity index is 177. The van der Waals surface area contributed by atoms with Gasteiger partial charge in [0.1, 0.15) is 25.6 Å². The summed E-state index contributed by atoms with van der Waals surface area (Å²) in [5, 5.41) is 7.78. The minimum Gasteiger partial charge on any atom is -0.399 e. The third kappa shape index (κ3) is 2.22. The Morgan fingerprint density at radius 1 is 0.917 bits per heavy atom. The molecule has 0 amide bonds. The van der Waals surface area contributed by atoms with Crippen molar-refractivity contribution >= 4 is 11.4 Å². The quantitative estimate of drug-likeness (QED) is 0.590. The number of oxime groups is 2. The van der Waals surface area contributed by atoms with Crippen LogP contribution in [0.2, 0.25) is 0 Å². The molecule has 0 unspecified atom stereocenters. The second-order valence-corrected chi connectivity index (χ2v) is 2.65. The molecular weight excluding hydrogens is 156 g/mol. The Labute approximate surface area is 72.2 Å². The zero-order valence-electron chi connectivity index (χ0n) is 7.54. The van der Waals surface area contributed by atoms with Gasteiger partial charge in [-0.1, -0.05) is 10.3 Å². The smallest absolute Gasteiger partial charge is 0.106 e. The second-order valence-electron chi connectivity index (χ2n) is 2.65. The molecule has 1 rings (SSSR count). The number of hydrogen-bond acceptors (Lipinski definition) is 4. The highest BCUT2D eigenvalue weighted by atomic mass is 16.6. The molecular formula is C8H14N2O2. The molecule has 1 aliphatic carbocycles. The van der Waals surface area contributed by atoms with Crippen molar-refractivity contribution in [3.05, 3.63) is 0 Å². The third-order valence-electron chi connectivity index (χ3n) is 1.81. The van der Waals surface area contributed by atoms with Gasteiger partial charge in [0.2, 0.25) is 0 Å². The maximum atomic E-state index is 4.71. The van der Waals surface area contributed by atoms with E-state index in [0.717, 1.165) is 37.1 Å². The molecule has 0 spiro atoms. The number of rotatable bonds is 2. The van der Waals surface area contributed by atoms with Crippen LogP contribution < -0.4 is 0 Å². The van der Waals surface area contributed by atoms with E-state index in [-0.39, 0.29) is 0 Å². The molecule has 4 heteroatoms. The second kappa shape index (κ2) is 4.74. The Morgan fingerprint density at radius 2 is 1.33 bits per heavy atom. The minimum absolute atomic E-state index is 0.922. The summed E-state index contributed by atoms with van der Waals surface area (Å²) < 4.78 is 0. The van der Waals surface area contributed by atoms with Crippen molar-refractivity contribution in [3.8, 4) is 0 Å². The van der Waals surface area contributed by atoms with Crippen LogP contribution in [-0.2, 0) is 9.68 Å². The van der Waals surface area contributed by atoms with E-state index in [1.54, 1.807) is 14.2 Å². The fourth-order valence-electron chi connectivity index (χ4n) is 1.29. The average molecular weight is 170 g/mol. The average Bonchev–Trinajstić information content (AvgIpc) is 2.09. The predicted molar refractivity (Wildman–Crippen MR) is 47.4 cm³/mol. The van der Waals surface area contributed by atoms with E-state index in [9.17, 15) is 0 Å². The highest BCUT2D eigenvalue weighted by Gasteiger charge is 2.15. The van der Waals surface area contributed by atoms with Gasteiger partial charge in [0.05, 0.1) is 0 Å². The van der Waals surface area contributed by atoms with Gasteiger partial charge in [0.15, 0.2) is 0 Å². The predicted octanol–water partition coefficient (Wildman–Crippen LogP) is 1.57. The fraction of sp³-hybridized carbons (Fsp3) is 0.750. The van der Waals surface area contributed by atoms with Gasteiger partial charge >= 0.3 is 0 Å². The van der Waals surface area contributed by atoms with Gasteiger partial charge in [0, 0.05) is 0 Å². The molecule has 1 fully saturated rings. The van der Waals surface area contributed by atoms with Crippen LogP contribution in [0.3, 0.4) is 0 Å². The zero-order chi connectivity index (χ0) is 8.81. The lowest BCUT2D eigenvalue weighted by molar-refractivity contribution is 0.208. The molecule has 0 heterocycles. The van der Waals surface area contributed by atoms with Crippen LogP contribution in [0.4, 0.5) is 0 Å². The molecule has 4 nitrogen and oxygen atoms in total. The van der Waals surface area contributed by atoms with Gasteiger partial charge in [-0.25, -0.2) is 0 Å². The van der Waals surface area contributed by atoms with Crippen molar-refractivity contribution in [2.24, 2.45) is 10.3 Å².